The van der Waals surface area contributed by atoms with Gasteiger partial charge in [-0.05, 0) is 35.3 Å². The molecule has 66 valence electrons. The highest BCUT2D eigenvalue weighted by Crippen LogP contribution is 2.43. The number of phenolic OH excluding ortho intramolecular Hbond substituents is 2. The molecule has 0 aliphatic carbocycles. The Hall–Kier alpha value is -0.220. The second-order valence-corrected chi connectivity index (χ2v) is 4.16. The van der Waals surface area contributed by atoms with Crippen LogP contribution in [0.2, 0.25) is 0 Å². The molecule has 0 atom stereocenters. The summed E-state index contributed by atoms with van der Waals surface area (Å²) in [6.45, 7) is 3.58. The first-order valence-electron chi connectivity index (χ1n) is 3.33. The molecule has 0 unspecified atom stereocenters. The molecular weight excluding hydrogens is 288 g/mol. The van der Waals surface area contributed by atoms with E-state index < -0.39 is 0 Å². The monoisotopic (exact) mass is 294 g/mol. The van der Waals surface area contributed by atoms with Crippen LogP contribution in [-0.4, -0.2) is 10.2 Å². The molecule has 0 radical (unpaired) electrons. The van der Waals surface area contributed by atoms with Crippen molar-refractivity contribution < 1.29 is 10.2 Å². The van der Waals surface area contributed by atoms with Crippen molar-refractivity contribution in [2.45, 2.75) is 13.8 Å². The van der Waals surface area contributed by atoms with Crippen molar-refractivity contribution in [2.24, 2.45) is 0 Å². The third-order valence-electron chi connectivity index (χ3n) is 1.78. The minimum absolute atomic E-state index is 0.0839. The first-order valence-corrected chi connectivity index (χ1v) is 4.91. The second kappa shape index (κ2) is 3.26. The zero-order chi connectivity index (χ0) is 9.46. The van der Waals surface area contributed by atoms with Crippen molar-refractivity contribution in [3.63, 3.8) is 0 Å². The number of benzene rings is 1. The van der Waals surface area contributed by atoms with Crippen LogP contribution in [0.5, 0.6) is 11.5 Å². The van der Waals surface area contributed by atoms with Gasteiger partial charge in [-0.2, -0.15) is 0 Å². The van der Waals surface area contributed by atoms with Crippen molar-refractivity contribution in [1.29, 1.82) is 0 Å². The van der Waals surface area contributed by atoms with Gasteiger partial charge in [0.2, 0.25) is 0 Å². The lowest BCUT2D eigenvalue weighted by Crippen LogP contribution is -1.86. The van der Waals surface area contributed by atoms with E-state index in [0.717, 1.165) is 10.0 Å². The van der Waals surface area contributed by atoms with Crippen molar-refractivity contribution in [3.8, 4) is 11.5 Å². The van der Waals surface area contributed by atoms with Crippen LogP contribution in [0, 0.1) is 13.8 Å². The van der Waals surface area contributed by atoms with E-state index in [0.29, 0.717) is 10.0 Å². The number of rotatable bonds is 0. The highest BCUT2D eigenvalue weighted by atomic mass is 79.9. The molecule has 0 saturated heterocycles. The molecule has 2 nitrogen and oxygen atoms in total. The van der Waals surface area contributed by atoms with Crippen LogP contribution in [-0.2, 0) is 0 Å². The molecule has 0 heterocycles. The average molecular weight is 296 g/mol. The molecule has 0 aromatic heterocycles. The Morgan fingerprint density at radius 2 is 1.33 bits per heavy atom. The Kier molecular flexibility index (Phi) is 2.68. The van der Waals surface area contributed by atoms with E-state index in [2.05, 4.69) is 31.9 Å². The van der Waals surface area contributed by atoms with Crippen LogP contribution in [0.15, 0.2) is 8.95 Å². The molecule has 12 heavy (non-hydrogen) atoms. The quantitative estimate of drug-likeness (QED) is 0.722. The van der Waals surface area contributed by atoms with Crippen LogP contribution in [0.1, 0.15) is 11.1 Å². The maximum absolute atomic E-state index is 9.38. The minimum Gasteiger partial charge on any atom is -0.504 e. The van der Waals surface area contributed by atoms with Gasteiger partial charge in [-0.1, -0.05) is 15.9 Å². The van der Waals surface area contributed by atoms with E-state index in [-0.39, 0.29) is 11.5 Å². The van der Waals surface area contributed by atoms with E-state index in [4.69, 9.17) is 0 Å². The summed E-state index contributed by atoms with van der Waals surface area (Å²) in [5.41, 5.74) is 1.52. The summed E-state index contributed by atoms with van der Waals surface area (Å²) in [6, 6.07) is 0. The van der Waals surface area contributed by atoms with Gasteiger partial charge in [0.1, 0.15) is 0 Å². The Labute approximate surface area is 87.5 Å². The molecule has 0 spiro atoms. The molecule has 1 aromatic carbocycles. The normalized spacial score (nSPS) is 10.3. The fraction of sp³-hybridized carbons (Fsp3) is 0.250. The molecule has 0 amide bonds. The molecular formula is C8H8Br2O2. The lowest BCUT2D eigenvalue weighted by Gasteiger charge is -2.10. The lowest BCUT2D eigenvalue weighted by atomic mass is 10.1. The third kappa shape index (κ3) is 1.33. The molecule has 1 rings (SSSR count). The van der Waals surface area contributed by atoms with E-state index in [1.807, 2.05) is 6.92 Å². The number of halogens is 2. The van der Waals surface area contributed by atoms with Gasteiger partial charge >= 0.3 is 0 Å². The van der Waals surface area contributed by atoms with E-state index in [1.54, 1.807) is 6.92 Å². The third-order valence-corrected chi connectivity index (χ3v) is 3.93. The van der Waals surface area contributed by atoms with Crippen molar-refractivity contribution in [3.05, 3.63) is 20.1 Å². The number of hydrogen-bond donors (Lipinski definition) is 2. The van der Waals surface area contributed by atoms with Gasteiger partial charge in [-0.15, -0.1) is 0 Å². The second-order valence-electron chi connectivity index (χ2n) is 2.58. The molecule has 0 aliphatic rings. The van der Waals surface area contributed by atoms with Crippen LogP contribution in [0.3, 0.4) is 0 Å². The Morgan fingerprint density at radius 1 is 0.833 bits per heavy atom. The van der Waals surface area contributed by atoms with Crippen molar-refractivity contribution in [2.75, 3.05) is 0 Å². The summed E-state index contributed by atoms with van der Waals surface area (Å²) in [6.07, 6.45) is 0. The smallest absolute Gasteiger partial charge is 0.172 e. The summed E-state index contributed by atoms with van der Waals surface area (Å²) in [7, 11) is 0. The van der Waals surface area contributed by atoms with Gasteiger partial charge in [-0.25, -0.2) is 0 Å². The topological polar surface area (TPSA) is 40.5 Å². The van der Waals surface area contributed by atoms with Gasteiger partial charge in [0, 0.05) is 10.0 Å². The number of hydrogen-bond acceptors (Lipinski definition) is 2. The number of aromatic hydroxyl groups is 2. The predicted molar refractivity (Wildman–Crippen MR) is 54.6 cm³/mol. The fourth-order valence-electron chi connectivity index (χ4n) is 0.941. The maximum atomic E-state index is 9.38. The summed E-state index contributed by atoms with van der Waals surface area (Å²) in [5, 5.41) is 18.8. The van der Waals surface area contributed by atoms with Crippen LogP contribution in [0.25, 0.3) is 0 Å². The highest BCUT2D eigenvalue weighted by Gasteiger charge is 2.14. The lowest BCUT2D eigenvalue weighted by molar-refractivity contribution is 0.398. The number of phenols is 2. The average Bonchev–Trinajstić information content (AvgIpc) is 2.08. The maximum Gasteiger partial charge on any atom is 0.172 e. The van der Waals surface area contributed by atoms with E-state index in [9.17, 15) is 10.2 Å². The van der Waals surface area contributed by atoms with Crippen LogP contribution in [0.4, 0.5) is 0 Å². The zero-order valence-electron chi connectivity index (χ0n) is 6.65. The highest BCUT2D eigenvalue weighted by molar-refractivity contribution is 9.11. The molecule has 0 bridgehead atoms. The summed E-state index contributed by atoms with van der Waals surface area (Å²) >= 11 is 6.49. The van der Waals surface area contributed by atoms with Gasteiger partial charge in [0.15, 0.2) is 11.5 Å². The minimum atomic E-state index is -0.104. The van der Waals surface area contributed by atoms with Gasteiger partial charge < -0.3 is 10.2 Å². The predicted octanol–water partition coefficient (Wildman–Crippen LogP) is 3.24. The van der Waals surface area contributed by atoms with Crippen molar-refractivity contribution >= 4 is 31.9 Å². The van der Waals surface area contributed by atoms with Crippen LogP contribution >= 0.6 is 31.9 Å². The van der Waals surface area contributed by atoms with Crippen molar-refractivity contribution in [1.82, 2.24) is 0 Å². The molecule has 1 aromatic rings. The Bertz CT molecular complexity index is 229. The molecule has 2 N–H and O–H groups in total. The summed E-state index contributed by atoms with van der Waals surface area (Å²) in [4.78, 5) is 0. The first-order chi connectivity index (χ1) is 5.46. The Balaban J connectivity index is 3.60. The fourth-order valence-corrected chi connectivity index (χ4v) is 1.98. The molecule has 4 heteroatoms. The SMILES string of the molecule is Cc1c(O)c(O)c(Br)c(C)c1Br. The van der Waals surface area contributed by atoms with Gasteiger partial charge in [0.05, 0.1) is 4.47 Å². The summed E-state index contributed by atoms with van der Waals surface area (Å²) in [5.74, 6) is -0.187. The van der Waals surface area contributed by atoms with E-state index in [1.165, 1.54) is 0 Å². The van der Waals surface area contributed by atoms with Gasteiger partial charge in [0.25, 0.3) is 0 Å². The molecule has 0 saturated carbocycles. The van der Waals surface area contributed by atoms with E-state index >= 15 is 0 Å². The molecule has 0 fully saturated rings. The zero-order valence-corrected chi connectivity index (χ0v) is 9.82. The Morgan fingerprint density at radius 3 is 1.83 bits per heavy atom. The van der Waals surface area contributed by atoms with Crippen LogP contribution < -0.4 is 0 Å². The summed E-state index contributed by atoms with van der Waals surface area (Å²) < 4.78 is 1.34. The largest absolute Gasteiger partial charge is 0.504 e. The molecule has 0 aliphatic heterocycles. The first kappa shape index (κ1) is 9.86. The van der Waals surface area contributed by atoms with Gasteiger partial charge in [-0.3, -0.25) is 0 Å². The standard InChI is InChI=1S/C8H8Br2O2/c1-3-5(9)4(2)7(11)8(12)6(3)10/h11-12H,1-2H3.